The van der Waals surface area contributed by atoms with Gasteiger partial charge in [-0.1, -0.05) is 12.1 Å². The molecule has 2 N–H and O–H groups in total. The second-order valence-corrected chi connectivity index (χ2v) is 4.87. The van der Waals surface area contributed by atoms with E-state index in [1.165, 1.54) is 29.8 Å². The zero-order valence-electron chi connectivity index (χ0n) is 12.3. The molecular weight excluding hydrogens is 325 g/mol. The Balaban J connectivity index is 2.31. The Labute approximate surface area is 133 Å². The fraction of sp³-hybridized carbons (Fsp3) is 0.133. The second kappa shape index (κ2) is 5.52. The first kappa shape index (κ1) is 15.8. The molecule has 2 aromatic heterocycles. The molecule has 1 radical (unpaired) electrons. The van der Waals surface area contributed by atoms with Gasteiger partial charge in [0.05, 0.1) is 23.9 Å². The van der Waals surface area contributed by atoms with Crippen molar-refractivity contribution in [1.29, 1.82) is 0 Å². The lowest BCUT2D eigenvalue weighted by Gasteiger charge is -2.13. The Morgan fingerprint density at radius 2 is 2.08 bits per heavy atom. The molecule has 3 aromatic rings. The van der Waals surface area contributed by atoms with Crippen LogP contribution in [0.1, 0.15) is 15.9 Å². The standard InChI is InChI=1S/C15H10F3N4O2/c1-24-12-10(13(19)23)6-11(22-14(12)20-7-21-22)8-3-2-4-9(5-8)15(16,17)18/h2-6H,1H3,(H2,19,23). The highest BCUT2D eigenvalue weighted by atomic mass is 19.4. The van der Waals surface area contributed by atoms with Crippen LogP contribution >= 0.6 is 0 Å². The lowest BCUT2D eigenvalue weighted by Crippen LogP contribution is -2.14. The maximum absolute atomic E-state index is 12.9. The minimum absolute atomic E-state index is 0.0150. The highest BCUT2D eigenvalue weighted by Gasteiger charge is 2.31. The third-order valence-corrected chi connectivity index (χ3v) is 3.41. The number of methoxy groups -OCH3 is 1. The predicted molar refractivity (Wildman–Crippen MR) is 77.3 cm³/mol. The fourth-order valence-electron chi connectivity index (χ4n) is 2.35. The predicted octanol–water partition coefficient (Wildman–Crippen LogP) is 2.32. The van der Waals surface area contributed by atoms with E-state index >= 15 is 0 Å². The van der Waals surface area contributed by atoms with Gasteiger partial charge in [-0.2, -0.15) is 13.2 Å². The summed E-state index contributed by atoms with van der Waals surface area (Å²) in [6.45, 7) is 0. The molecule has 0 aliphatic carbocycles. The number of halogens is 3. The van der Waals surface area contributed by atoms with Crippen LogP contribution in [0, 0.1) is 6.33 Å². The third-order valence-electron chi connectivity index (χ3n) is 3.41. The molecular formula is C15H10F3N4O2. The number of primary amides is 1. The number of alkyl halides is 3. The summed E-state index contributed by atoms with van der Waals surface area (Å²) in [5.74, 6) is -0.724. The Kier molecular flexibility index (Phi) is 3.63. The van der Waals surface area contributed by atoms with Gasteiger partial charge in [0, 0.05) is 5.56 Å². The SMILES string of the molecule is COc1c(C(N)=O)cc(-c2cccc(C(F)(F)F)c2)n2n[c]nc12. The van der Waals surface area contributed by atoms with Crippen LogP contribution in [0.3, 0.4) is 0 Å². The van der Waals surface area contributed by atoms with Crippen molar-refractivity contribution in [3.63, 3.8) is 0 Å². The van der Waals surface area contributed by atoms with E-state index in [4.69, 9.17) is 10.5 Å². The highest BCUT2D eigenvalue weighted by Crippen LogP contribution is 2.34. The van der Waals surface area contributed by atoms with Crippen molar-refractivity contribution >= 4 is 11.6 Å². The summed E-state index contributed by atoms with van der Waals surface area (Å²) in [6, 6.07) is 5.94. The van der Waals surface area contributed by atoms with Crippen molar-refractivity contribution in [1.82, 2.24) is 14.6 Å². The Bertz CT molecular complexity index is 934. The number of carbonyl (C=O) groups is 1. The number of pyridine rings is 1. The Morgan fingerprint density at radius 1 is 1.33 bits per heavy atom. The smallest absolute Gasteiger partial charge is 0.416 e. The summed E-state index contributed by atoms with van der Waals surface area (Å²) < 4.78 is 45.1. The van der Waals surface area contributed by atoms with Crippen molar-refractivity contribution < 1.29 is 22.7 Å². The van der Waals surface area contributed by atoms with E-state index in [0.717, 1.165) is 12.1 Å². The normalized spacial score (nSPS) is 11.7. The molecule has 0 fully saturated rings. The van der Waals surface area contributed by atoms with E-state index in [9.17, 15) is 18.0 Å². The number of benzene rings is 1. The lowest BCUT2D eigenvalue weighted by molar-refractivity contribution is -0.137. The third kappa shape index (κ3) is 2.53. The summed E-state index contributed by atoms with van der Waals surface area (Å²) in [5.41, 5.74) is 5.02. The van der Waals surface area contributed by atoms with Crippen molar-refractivity contribution in [2.75, 3.05) is 7.11 Å². The van der Waals surface area contributed by atoms with Gasteiger partial charge in [0.1, 0.15) is 0 Å². The fourth-order valence-corrected chi connectivity index (χ4v) is 2.35. The minimum atomic E-state index is -4.50. The first-order valence-electron chi connectivity index (χ1n) is 6.64. The molecule has 3 rings (SSSR count). The van der Waals surface area contributed by atoms with Gasteiger partial charge in [0.25, 0.3) is 5.91 Å². The molecule has 0 saturated heterocycles. The molecule has 0 spiro atoms. The Hall–Kier alpha value is -3.10. The van der Waals surface area contributed by atoms with Gasteiger partial charge in [-0.15, -0.1) is 5.10 Å². The van der Waals surface area contributed by atoms with Gasteiger partial charge in [-0.25, -0.2) is 9.50 Å². The van der Waals surface area contributed by atoms with Crippen molar-refractivity contribution in [2.45, 2.75) is 6.18 Å². The maximum Gasteiger partial charge on any atom is 0.416 e. The van der Waals surface area contributed by atoms with E-state index in [0.29, 0.717) is 0 Å². The van der Waals surface area contributed by atoms with Gasteiger partial charge in [0.2, 0.25) is 6.33 Å². The number of nitrogens with zero attached hydrogens (tertiary/aromatic N) is 3. The van der Waals surface area contributed by atoms with E-state index in [-0.39, 0.29) is 28.2 Å². The van der Waals surface area contributed by atoms with E-state index in [1.807, 2.05) is 0 Å². The monoisotopic (exact) mass is 335 g/mol. The summed E-state index contributed by atoms with van der Waals surface area (Å²) >= 11 is 0. The van der Waals surface area contributed by atoms with Gasteiger partial charge >= 0.3 is 6.18 Å². The summed E-state index contributed by atoms with van der Waals surface area (Å²) in [5, 5.41) is 3.86. The van der Waals surface area contributed by atoms with Crippen LogP contribution in [-0.4, -0.2) is 27.6 Å². The molecule has 0 aliphatic rings. The van der Waals surface area contributed by atoms with Gasteiger partial charge in [-0.05, 0) is 18.2 Å². The molecule has 0 aliphatic heterocycles. The average Bonchev–Trinajstić information content (AvgIpc) is 3.01. The van der Waals surface area contributed by atoms with Crippen LogP contribution in [-0.2, 0) is 6.18 Å². The van der Waals surface area contributed by atoms with Crippen molar-refractivity contribution in [3.8, 4) is 17.0 Å². The molecule has 0 bridgehead atoms. The number of amides is 1. The zero-order chi connectivity index (χ0) is 17.5. The maximum atomic E-state index is 12.9. The summed E-state index contributed by atoms with van der Waals surface area (Å²) in [4.78, 5) is 15.5. The lowest BCUT2D eigenvalue weighted by atomic mass is 10.0. The minimum Gasteiger partial charge on any atom is -0.492 e. The first-order valence-corrected chi connectivity index (χ1v) is 6.64. The van der Waals surface area contributed by atoms with Crippen molar-refractivity contribution in [2.24, 2.45) is 5.73 Å². The van der Waals surface area contributed by atoms with E-state index in [1.54, 1.807) is 0 Å². The molecule has 1 amide bonds. The molecule has 0 unspecified atom stereocenters. The molecule has 1 aromatic carbocycles. The number of carbonyl (C=O) groups excluding carboxylic acids is 1. The van der Waals surface area contributed by atoms with Crippen LogP contribution in [0.2, 0.25) is 0 Å². The molecule has 2 heterocycles. The quantitative estimate of drug-likeness (QED) is 0.796. The molecule has 0 atom stereocenters. The molecule has 0 saturated carbocycles. The van der Waals surface area contributed by atoms with Crippen LogP contribution in [0.25, 0.3) is 16.9 Å². The zero-order valence-corrected chi connectivity index (χ0v) is 12.3. The molecule has 6 nitrogen and oxygen atoms in total. The Morgan fingerprint density at radius 3 is 2.71 bits per heavy atom. The largest absolute Gasteiger partial charge is 0.492 e. The number of fused-ring (bicyclic) bond motifs is 1. The number of hydrogen-bond acceptors (Lipinski definition) is 4. The summed E-state index contributed by atoms with van der Waals surface area (Å²) in [7, 11) is 1.32. The number of nitrogens with two attached hydrogens (primary N) is 1. The van der Waals surface area contributed by atoms with Gasteiger partial charge < -0.3 is 10.5 Å². The molecule has 24 heavy (non-hydrogen) atoms. The molecule has 9 heteroatoms. The van der Waals surface area contributed by atoms with Gasteiger partial charge in [0.15, 0.2) is 11.4 Å². The topological polar surface area (TPSA) is 82.5 Å². The number of ether oxygens (including phenoxy) is 1. The number of rotatable bonds is 3. The highest BCUT2D eigenvalue weighted by molar-refractivity contribution is 5.99. The van der Waals surface area contributed by atoms with Crippen LogP contribution < -0.4 is 10.5 Å². The van der Waals surface area contributed by atoms with E-state index < -0.39 is 17.6 Å². The van der Waals surface area contributed by atoms with Crippen LogP contribution in [0.4, 0.5) is 13.2 Å². The van der Waals surface area contributed by atoms with Crippen LogP contribution in [0.5, 0.6) is 5.75 Å². The van der Waals surface area contributed by atoms with Crippen molar-refractivity contribution in [3.05, 3.63) is 47.8 Å². The number of aromatic nitrogens is 3. The summed E-state index contributed by atoms with van der Waals surface area (Å²) in [6.07, 6.45) is -2.16. The first-order chi connectivity index (χ1) is 11.3. The average molecular weight is 335 g/mol. The van der Waals surface area contributed by atoms with Crippen LogP contribution in [0.15, 0.2) is 30.3 Å². The van der Waals surface area contributed by atoms with E-state index in [2.05, 4.69) is 16.4 Å². The van der Waals surface area contributed by atoms with Gasteiger partial charge in [-0.3, -0.25) is 4.79 Å². The molecule has 123 valence electrons. The second-order valence-electron chi connectivity index (χ2n) is 4.87. The number of hydrogen-bond donors (Lipinski definition) is 1.